The number of aromatic nitrogens is 1. The first-order valence-corrected chi connectivity index (χ1v) is 6.53. The molecule has 3 rings (SSSR count). The number of aryl methyl sites for hydroxylation is 2. The van der Waals surface area contributed by atoms with Gasteiger partial charge in [-0.3, -0.25) is 0 Å². The van der Waals surface area contributed by atoms with E-state index in [-0.39, 0.29) is 0 Å². The number of benzene rings is 2. The molecule has 0 aliphatic rings. The Labute approximate surface area is 113 Å². The van der Waals surface area contributed by atoms with E-state index in [9.17, 15) is 0 Å². The predicted molar refractivity (Wildman–Crippen MR) is 83.0 cm³/mol. The Morgan fingerprint density at radius 3 is 2.42 bits per heavy atom. The number of rotatable bonds is 2. The van der Waals surface area contributed by atoms with Crippen molar-refractivity contribution in [3.8, 4) is 0 Å². The van der Waals surface area contributed by atoms with Gasteiger partial charge in [-0.05, 0) is 24.1 Å². The fourth-order valence-corrected chi connectivity index (χ4v) is 2.37. The molecule has 0 aliphatic carbocycles. The molecule has 0 unspecified atom stereocenters. The van der Waals surface area contributed by atoms with Crippen LogP contribution in [-0.4, -0.2) is 4.57 Å². The summed E-state index contributed by atoms with van der Waals surface area (Å²) >= 11 is 0. The lowest BCUT2D eigenvalue weighted by molar-refractivity contribution is 0.968. The summed E-state index contributed by atoms with van der Waals surface area (Å²) in [6.45, 7) is 2.11. The molecule has 1 heterocycles. The average molecular weight is 247 g/mol. The van der Waals surface area contributed by atoms with Crippen LogP contribution in [0.4, 0.5) is 0 Å². The maximum atomic E-state index is 2.19. The molecule has 1 nitrogen and oxygen atoms in total. The van der Waals surface area contributed by atoms with Crippen LogP contribution < -0.4 is 0 Å². The van der Waals surface area contributed by atoms with Gasteiger partial charge >= 0.3 is 0 Å². The molecule has 0 spiro atoms. The standard InChI is InChI=1S/C18H17N/c1-14-7-9-15(10-8-14)11-12-16-13-19(2)18-6-4-3-5-17(16)18/h3-13H,1-2H3/b12-11+. The van der Waals surface area contributed by atoms with E-state index in [2.05, 4.69) is 85.4 Å². The van der Waals surface area contributed by atoms with Crippen LogP contribution >= 0.6 is 0 Å². The third-order valence-electron chi connectivity index (χ3n) is 3.46. The van der Waals surface area contributed by atoms with E-state index >= 15 is 0 Å². The monoisotopic (exact) mass is 247 g/mol. The smallest absolute Gasteiger partial charge is 0.0483 e. The predicted octanol–water partition coefficient (Wildman–Crippen LogP) is 4.66. The fourth-order valence-electron chi connectivity index (χ4n) is 2.37. The maximum absolute atomic E-state index is 2.19. The van der Waals surface area contributed by atoms with Crippen LogP contribution in [0.25, 0.3) is 23.1 Å². The minimum absolute atomic E-state index is 1.23. The molecule has 1 aromatic heterocycles. The van der Waals surface area contributed by atoms with E-state index in [1.807, 2.05) is 0 Å². The zero-order valence-electron chi connectivity index (χ0n) is 11.3. The first kappa shape index (κ1) is 11.8. The van der Waals surface area contributed by atoms with Crippen molar-refractivity contribution < 1.29 is 0 Å². The second-order valence-corrected chi connectivity index (χ2v) is 4.96. The van der Waals surface area contributed by atoms with E-state index in [1.165, 1.54) is 27.6 Å². The van der Waals surface area contributed by atoms with Crippen molar-refractivity contribution in [2.45, 2.75) is 6.92 Å². The molecule has 0 aliphatic heterocycles. The van der Waals surface area contributed by atoms with Gasteiger partial charge in [-0.1, -0.05) is 60.2 Å². The average Bonchev–Trinajstić information content (AvgIpc) is 2.76. The Morgan fingerprint density at radius 1 is 0.895 bits per heavy atom. The Bertz CT molecular complexity index is 730. The van der Waals surface area contributed by atoms with Gasteiger partial charge < -0.3 is 4.57 Å². The van der Waals surface area contributed by atoms with Gasteiger partial charge in [0.05, 0.1) is 0 Å². The zero-order chi connectivity index (χ0) is 13.2. The van der Waals surface area contributed by atoms with Crippen LogP contribution in [0.2, 0.25) is 0 Å². The van der Waals surface area contributed by atoms with Crippen molar-refractivity contribution in [1.29, 1.82) is 0 Å². The van der Waals surface area contributed by atoms with Crippen LogP contribution in [0.3, 0.4) is 0 Å². The van der Waals surface area contributed by atoms with E-state index in [1.54, 1.807) is 0 Å². The molecule has 0 radical (unpaired) electrons. The van der Waals surface area contributed by atoms with Crippen LogP contribution in [0.1, 0.15) is 16.7 Å². The molecule has 19 heavy (non-hydrogen) atoms. The van der Waals surface area contributed by atoms with Crippen LogP contribution in [0.5, 0.6) is 0 Å². The molecule has 0 saturated heterocycles. The van der Waals surface area contributed by atoms with Gasteiger partial charge in [-0.2, -0.15) is 0 Å². The molecule has 3 aromatic rings. The highest BCUT2D eigenvalue weighted by Crippen LogP contribution is 2.22. The van der Waals surface area contributed by atoms with Gasteiger partial charge in [-0.15, -0.1) is 0 Å². The summed E-state index contributed by atoms with van der Waals surface area (Å²) in [5.41, 5.74) is 5.06. The lowest BCUT2D eigenvalue weighted by atomic mass is 10.1. The summed E-state index contributed by atoms with van der Waals surface area (Å²) < 4.78 is 2.17. The summed E-state index contributed by atoms with van der Waals surface area (Å²) in [6.07, 6.45) is 6.53. The zero-order valence-corrected chi connectivity index (χ0v) is 11.3. The molecule has 0 saturated carbocycles. The van der Waals surface area contributed by atoms with Crippen molar-refractivity contribution in [3.63, 3.8) is 0 Å². The Kier molecular flexibility index (Phi) is 2.96. The van der Waals surface area contributed by atoms with Gasteiger partial charge in [-0.25, -0.2) is 0 Å². The molecule has 0 fully saturated rings. The van der Waals surface area contributed by atoms with Crippen molar-refractivity contribution in [1.82, 2.24) is 4.57 Å². The SMILES string of the molecule is Cc1ccc(/C=C/c2cn(C)c3ccccc23)cc1. The third-order valence-corrected chi connectivity index (χ3v) is 3.46. The minimum atomic E-state index is 1.23. The number of para-hydroxylation sites is 1. The fraction of sp³-hybridized carbons (Fsp3) is 0.111. The quantitative estimate of drug-likeness (QED) is 0.621. The van der Waals surface area contributed by atoms with Crippen molar-refractivity contribution in [2.24, 2.45) is 7.05 Å². The number of hydrogen-bond acceptors (Lipinski definition) is 0. The van der Waals surface area contributed by atoms with Crippen LogP contribution in [-0.2, 0) is 7.05 Å². The topological polar surface area (TPSA) is 4.93 Å². The Balaban J connectivity index is 1.99. The normalized spacial score (nSPS) is 11.5. The van der Waals surface area contributed by atoms with E-state index in [4.69, 9.17) is 0 Å². The molecule has 0 amide bonds. The molecule has 0 bridgehead atoms. The molecule has 0 N–H and O–H groups in total. The summed E-state index contributed by atoms with van der Waals surface area (Å²) in [5.74, 6) is 0. The van der Waals surface area contributed by atoms with Crippen LogP contribution in [0, 0.1) is 6.92 Å². The molecular formula is C18H17N. The van der Waals surface area contributed by atoms with Crippen molar-refractivity contribution in [3.05, 3.63) is 71.4 Å². The Morgan fingerprint density at radius 2 is 1.63 bits per heavy atom. The van der Waals surface area contributed by atoms with Gasteiger partial charge in [0.25, 0.3) is 0 Å². The van der Waals surface area contributed by atoms with Gasteiger partial charge in [0, 0.05) is 24.1 Å². The molecule has 2 aromatic carbocycles. The summed E-state index contributed by atoms with van der Waals surface area (Å²) in [5, 5.41) is 1.30. The number of nitrogens with zero attached hydrogens (tertiary/aromatic N) is 1. The first-order valence-electron chi connectivity index (χ1n) is 6.53. The van der Waals surface area contributed by atoms with Gasteiger partial charge in [0.2, 0.25) is 0 Å². The molecule has 94 valence electrons. The van der Waals surface area contributed by atoms with E-state index in [0.29, 0.717) is 0 Å². The van der Waals surface area contributed by atoms with E-state index < -0.39 is 0 Å². The molecule has 1 heteroatoms. The highest BCUT2D eigenvalue weighted by atomic mass is 14.9. The number of hydrogen-bond donors (Lipinski definition) is 0. The number of fused-ring (bicyclic) bond motifs is 1. The summed E-state index contributed by atoms with van der Waals surface area (Å²) in [6, 6.07) is 17.1. The highest BCUT2D eigenvalue weighted by molar-refractivity contribution is 5.91. The van der Waals surface area contributed by atoms with Gasteiger partial charge in [0.15, 0.2) is 0 Å². The third kappa shape index (κ3) is 2.32. The largest absolute Gasteiger partial charge is 0.350 e. The van der Waals surface area contributed by atoms with E-state index in [0.717, 1.165) is 0 Å². The van der Waals surface area contributed by atoms with Gasteiger partial charge in [0.1, 0.15) is 0 Å². The highest BCUT2D eigenvalue weighted by Gasteiger charge is 2.02. The lowest BCUT2D eigenvalue weighted by Crippen LogP contribution is -1.81. The maximum Gasteiger partial charge on any atom is 0.0483 e. The van der Waals surface area contributed by atoms with Crippen molar-refractivity contribution in [2.75, 3.05) is 0 Å². The summed E-state index contributed by atoms with van der Waals surface area (Å²) in [4.78, 5) is 0. The molecule has 0 atom stereocenters. The minimum Gasteiger partial charge on any atom is -0.350 e. The van der Waals surface area contributed by atoms with Crippen LogP contribution in [0.15, 0.2) is 54.7 Å². The Hall–Kier alpha value is -2.28. The lowest BCUT2D eigenvalue weighted by Gasteiger charge is -1.95. The second-order valence-electron chi connectivity index (χ2n) is 4.96. The first-order chi connectivity index (χ1) is 9.24. The molecular weight excluding hydrogens is 230 g/mol. The summed E-state index contributed by atoms with van der Waals surface area (Å²) in [7, 11) is 2.09. The van der Waals surface area contributed by atoms with Crippen molar-refractivity contribution >= 4 is 23.1 Å². The second kappa shape index (κ2) is 4.77.